The van der Waals surface area contributed by atoms with Crippen molar-refractivity contribution >= 4 is 11.4 Å². The van der Waals surface area contributed by atoms with Crippen LogP contribution in [0.1, 0.15) is 0 Å². The van der Waals surface area contributed by atoms with Crippen molar-refractivity contribution in [3.8, 4) is 0 Å². The van der Waals surface area contributed by atoms with Crippen LogP contribution in [0.3, 0.4) is 0 Å². The Morgan fingerprint density at radius 2 is 1.40 bits per heavy atom. The van der Waals surface area contributed by atoms with E-state index in [1.165, 1.54) is 0 Å². The van der Waals surface area contributed by atoms with Crippen molar-refractivity contribution in [1.82, 2.24) is 0 Å². The summed E-state index contributed by atoms with van der Waals surface area (Å²) in [5.41, 5.74) is 0. The van der Waals surface area contributed by atoms with E-state index in [4.69, 9.17) is 13.3 Å². The van der Waals surface area contributed by atoms with Gasteiger partial charge in [-0.3, -0.25) is 9.11 Å². The van der Waals surface area contributed by atoms with Gasteiger partial charge in [0.2, 0.25) is 0 Å². The molecule has 0 aromatic heterocycles. The predicted molar refractivity (Wildman–Crippen MR) is 13.4 cm³/mol. The van der Waals surface area contributed by atoms with Crippen molar-refractivity contribution in [2.45, 2.75) is 0 Å². The van der Waals surface area contributed by atoms with E-state index in [9.17, 15) is 0 Å². The van der Waals surface area contributed by atoms with Gasteiger partial charge in [0, 0.05) is 26.2 Å². The van der Waals surface area contributed by atoms with Crippen LogP contribution in [0, 0.1) is 0 Å². The first kappa shape index (κ1) is 9.35. The van der Waals surface area contributed by atoms with Crippen molar-refractivity contribution in [1.29, 1.82) is 0 Å². The molecule has 0 saturated heterocycles. The Kier molecular flexibility index (Phi) is 9.26. The van der Waals surface area contributed by atoms with Crippen LogP contribution in [-0.4, -0.2) is 13.3 Å². The van der Waals surface area contributed by atoms with Gasteiger partial charge in [-0.2, -0.15) is 4.21 Å². The minimum Gasteiger partial charge on any atom is -0.284 e. The third-order valence-corrected chi connectivity index (χ3v) is 0. The van der Waals surface area contributed by atoms with Crippen molar-refractivity contribution in [2.75, 3.05) is 0 Å². The van der Waals surface area contributed by atoms with E-state index in [1.54, 1.807) is 0 Å². The van der Waals surface area contributed by atoms with Gasteiger partial charge >= 0.3 is 0 Å². The van der Waals surface area contributed by atoms with Crippen LogP contribution in [0.2, 0.25) is 0 Å². The fourth-order valence-corrected chi connectivity index (χ4v) is 0. The smallest absolute Gasteiger partial charge is 0.284 e. The monoisotopic (exact) mass is 172 g/mol. The average molecular weight is 173 g/mol. The van der Waals surface area contributed by atoms with Crippen molar-refractivity contribution in [2.24, 2.45) is 0 Å². The summed E-state index contributed by atoms with van der Waals surface area (Å²) in [7, 11) is 0. The van der Waals surface area contributed by atoms with E-state index < -0.39 is 11.4 Å². The van der Waals surface area contributed by atoms with E-state index in [-0.39, 0.29) is 26.2 Å². The zero-order valence-electron chi connectivity index (χ0n) is 2.21. The first-order chi connectivity index (χ1) is 1.73. The van der Waals surface area contributed by atoms with E-state index >= 15 is 0 Å². The first-order valence-corrected chi connectivity index (χ1v) is 1.60. The molecule has 0 atom stereocenters. The van der Waals surface area contributed by atoms with Gasteiger partial charge in [0.1, 0.15) is 0 Å². The van der Waals surface area contributed by atoms with Crippen molar-refractivity contribution in [3.63, 3.8) is 0 Å². The molecule has 0 aliphatic heterocycles. The zero-order chi connectivity index (χ0) is 3.58. The second-order valence-corrected chi connectivity index (χ2v) is 0.692. The maximum Gasteiger partial charge on any atom is 0.299 e. The third-order valence-electron chi connectivity index (χ3n) is 0. The van der Waals surface area contributed by atoms with Crippen molar-refractivity contribution in [3.05, 3.63) is 0 Å². The van der Waals surface area contributed by atoms with Gasteiger partial charge in [-0.15, -0.1) is 0 Å². The summed E-state index contributed by atoms with van der Waals surface area (Å²) < 4.78 is 22.8. The van der Waals surface area contributed by atoms with E-state index in [0.717, 1.165) is 0 Å². The van der Waals surface area contributed by atoms with Gasteiger partial charge in [-0.05, 0) is 0 Å². The van der Waals surface area contributed by atoms with E-state index in [1.807, 2.05) is 0 Å². The summed E-state index contributed by atoms with van der Waals surface area (Å²) in [6.45, 7) is 0. The first-order valence-electron chi connectivity index (χ1n) is 0.532. The topological polar surface area (TPSA) is 57.5 Å². The maximum absolute atomic E-state index is 8.67. The molecule has 0 aromatic rings. The van der Waals surface area contributed by atoms with Crippen LogP contribution in [0.25, 0.3) is 0 Å². The molecule has 0 bridgehead atoms. The molecule has 0 aliphatic rings. The fourth-order valence-electron chi connectivity index (χ4n) is 0. The minimum atomic E-state index is -2.61. The summed E-state index contributed by atoms with van der Waals surface area (Å²) in [6, 6.07) is 0. The molecule has 3 nitrogen and oxygen atoms in total. The van der Waals surface area contributed by atoms with Gasteiger partial charge in [0.05, 0.1) is 0 Å². The van der Waals surface area contributed by atoms with Crippen LogP contribution in [-0.2, 0) is 37.6 Å². The average Bonchev–Trinajstić information content (AvgIpc) is 0.811. The second kappa shape index (κ2) is 4.95. The molecule has 2 N–H and O–H groups in total. The Morgan fingerprint density at radius 1 is 1.40 bits per heavy atom. The van der Waals surface area contributed by atoms with E-state index in [2.05, 4.69) is 0 Å². The molecule has 5 heteroatoms. The fraction of sp³-hybridized carbons (Fsp3) is 0. The largest absolute Gasteiger partial charge is 0.299 e. The Labute approximate surface area is 51.0 Å². The van der Waals surface area contributed by atoms with E-state index in [0.29, 0.717) is 0 Å². The molecule has 30 valence electrons. The van der Waals surface area contributed by atoms with Crippen molar-refractivity contribution < 1.29 is 39.5 Å². The predicted octanol–water partition coefficient (Wildman–Crippen LogP) is -0.321. The molecule has 0 aliphatic carbocycles. The summed E-state index contributed by atoms with van der Waals surface area (Å²) in [6.07, 6.45) is 0. The Balaban J connectivity index is 0. The zero-order valence-corrected chi connectivity index (χ0v) is 5.49. The molecular formula is H2O3SZr. The number of hydrogen-bond acceptors (Lipinski definition) is 1. The Morgan fingerprint density at radius 3 is 1.40 bits per heavy atom. The summed E-state index contributed by atoms with van der Waals surface area (Å²) in [5.74, 6) is 0. The van der Waals surface area contributed by atoms with Crippen LogP contribution >= 0.6 is 0 Å². The van der Waals surface area contributed by atoms with Gasteiger partial charge in [-0.25, -0.2) is 0 Å². The molecule has 0 unspecified atom stereocenters. The number of rotatable bonds is 0. The second-order valence-electron chi connectivity index (χ2n) is 0.231. The molecule has 0 heterocycles. The number of hydrogen-bond donors (Lipinski definition) is 2. The molecular weight excluding hydrogens is 171 g/mol. The van der Waals surface area contributed by atoms with Crippen LogP contribution < -0.4 is 0 Å². The molecule has 0 aromatic carbocycles. The maximum atomic E-state index is 8.67. The summed E-state index contributed by atoms with van der Waals surface area (Å²) >= 11 is -2.61. The molecule has 0 saturated carbocycles. The van der Waals surface area contributed by atoms with Gasteiger partial charge < -0.3 is 0 Å². The third kappa shape index (κ3) is 47.5. The van der Waals surface area contributed by atoms with Gasteiger partial charge in [0.25, 0.3) is 11.4 Å². The standard InChI is InChI=1S/H2O3S.Zr/c1-4(2)3;/h(H2,1,2,3);. The minimum absolute atomic E-state index is 0. The van der Waals surface area contributed by atoms with Crippen LogP contribution in [0.15, 0.2) is 0 Å². The quantitative estimate of drug-likeness (QED) is 0.494. The molecule has 0 radical (unpaired) electrons. The van der Waals surface area contributed by atoms with Crippen LogP contribution in [0.4, 0.5) is 0 Å². The summed E-state index contributed by atoms with van der Waals surface area (Å²) in [4.78, 5) is 0. The summed E-state index contributed by atoms with van der Waals surface area (Å²) in [5, 5.41) is 0. The van der Waals surface area contributed by atoms with Gasteiger partial charge in [-0.1, -0.05) is 0 Å². The molecule has 0 fully saturated rings. The van der Waals surface area contributed by atoms with Gasteiger partial charge in [0.15, 0.2) is 0 Å². The molecule has 0 amide bonds. The Hall–Kier alpha value is 0.953. The Bertz CT molecular complexity index is 29.9. The van der Waals surface area contributed by atoms with Crippen LogP contribution in [0.5, 0.6) is 0 Å². The molecule has 0 spiro atoms. The SMILES string of the molecule is O=S(O)O.[Zr]. The molecule has 0 rings (SSSR count). The normalized spacial score (nSPS) is 7.00. The molecule has 5 heavy (non-hydrogen) atoms.